The Morgan fingerprint density at radius 3 is 3.15 bits per heavy atom. The number of hydrogen-bond donors (Lipinski definition) is 2. The average molecular weight is 352 g/mol. The Morgan fingerprint density at radius 1 is 1.38 bits per heavy atom. The van der Waals surface area contributed by atoms with Gasteiger partial charge in [-0.15, -0.1) is 0 Å². The van der Waals surface area contributed by atoms with Crippen molar-refractivity contribution < 1.29 is 4.74 Å². The van der Waals surface area contributed by atoms with Crippen LogP contribution in [0.2, 0.25) is 0 Å². The number of aryl methyl sites for hydroxylation is 1. The molecule has 0 unspecified atom stereocenters. The molecule has 26 heavy (non-hydrogen) atoms. The fourth-order valence-electron chi connectivity index (χ4n) is 3.64. The maximum absolute atomic E-state index is 6.01. The molecule has 3 aromatic rings. The Bertz CT molecular complexity index is 814. The molecule has 0 amide bonds. The van der Waals surface area contributed by atoms with Crippen molar-refractivity contribution >= 4 is 0 Å². The number of hydrogen-bond acceptors (Lipinski definition) is 5. The van der Waals surface area contributed by atoms with Gasteiger partial charge in [-0.3, -0.25) is 14.8 Å². The highest BCUT2D eigenvalue weighted by atomic mass is 16.5. The first-order valence-corrected chi connectivity index (χ1v) is 9.05. The van der Waals surface area contributed by atoms with Gasteiger partial charge < -0.3 is 10.1 Å². The summed E-state index contributed by atoms with van der Waals surface area (Å²) >= 11 is 0. The van der Waals surface area contributed by atoms with Gasteiger partial charge in [0.15, 0.2) is 0 Å². The predicted molar refractivity (Wildman–Crippen MR) is 98.2 cm³/mol. The van der Waals surface area contributed by atoms with Crippen LogP contribution in [0.1, 0.15) is 30.1 Å². The molecule has 2 atom stereocenters. The van der Waals surface area contributed by atoms with E-state index in [2.05, 4.69) is 31.8 Å². The van der Waals surface area contributed by atoms with Gasteiger partial charge in [0, 0.05) is 74.1 Å². The van der Waals surface area contributed by atoms with Gasteiger partial charge in [-0.05, 0) is 25.0 Å². The Hall–Kier alpha value is -2.51. The molecule has 2 N–H and O–H groups in total. The molecule has 7 heteroatoms. The highest BCUT2D eigenvalue weighted by Crippen LogP contribution is 2.32. The van der Waals surface area contributed by atoms with E-state index in [0.29, 0.717) is 5.92 Å². The van der Waals surface area contributed by atoms with Crippen molar-refractivity contribution in [1.29, 1.82) is 0 Å². The third kappa shape index (κ3) is 3.68. The molecule has 0 radical (unpaired) electrons. The number of rotatable bonds is 6. The van der Waals surface area contributed by atoms with Gasteiger partial charge in [0.05, 0.1) is 18.0 Å². The molecular weight excluding hydrogens is 328 g/mol. The Balaban J connectivity index is 1.42. The Kier molecular flexibility index (Phi) is 5.08. The lowest BCUT2D eigenvalue weighted by atomic mass is 9.91. The van der Waals surface area contributed by atoms with Gasteiger partial charge >= 0.3 is 0 Å². The standard InChI is InChI=1S/C19H24N6O/c1-25-13-17(18(24-25)14-4-2-6-20-8-14)10-21-9-15-5-3-7-26-19(15)16-11-22-23-12-16/h2,4,6,8,11-13,15,19,21H,3,5,7,9-10H2,1H3,(H,22,23)/t15-,19+/m0/s1. The minimum atomic E-state index is 0.113. The summed E-state index contributed by atoms with van der Waals surface area (Å²) in [5, 5.41) is 15.2. The zero-order valence-corrected chi connectivity index (χ0v) is 14.9. The Morgan fingerprint density at radius 2 is 2.35 bits per heavy atom. The molecule has 1 aliphatic rings. The maximum atomic E-state index is 6.01. The summed E-state index contributed by atoms with van der Waals surface area (Å²) in [4.78, 5) is 4.21. The lowest BCUT2D eigenvalue weighted by Gasteiger charge is -2.31. The van der Waals surface area contributed by atoms with E-state index in [0.717, 1.165) is 49.4 Å². The van der Waals surface area contributed by atoms with Crippen molar-refractivity contribution in [1.82, 2.24) is 30.3 Å². The number of nitrogens with zero attached hydrogens (tertiary/aromatic N) is 4. The summed E-state index contributed by atoms with van der Waals surface area (Å²) < 4.78 is 7.87. The molecular formula is C19H24N6O. The predicted octanol–water partition coefficient (Wildman–Crippen LogP) is 2.46. The molecule has 0 aromatic carbocycles. The smallest absolute Gasteiger partial charge is 0.0983 e. The molecule has 136 valence electrons. The largest absolute Gasteiger partial charge is 0.373 e. The SMILES string of the molecule is Cn1cc(CNC[C@@H]2CCCO[C@H]2c2cn[nH]c2)c(-c2cccnc2)n1. The van der Waals surface area contributed by atoms with Crippen molar-refractivity contribution in [3.05, 3.63) is 54.2 Å². The van der Waals surface area contributed by atoms with Crippen molar-refractivity contribution in [2.75, 3.05) is 13.2 Å². The molecule has 1 fully saturated rings. The number of aromatic nitrogens is 5. The van der Waals surface area contributed by atoms with Gasteiger partial charge in [0.2, 0.25) is 0 Å². The van der Waals surface area contributed by atoms with Crippen molar-refractivity contribution in [2.45, 2.75) is 25.5 Å². The topological polar surface area (TPSA) is 80.6 Å². The minimum absolute atomic E-state index is 0.113. The lowest BCUT2D eigenvalue weighted by Crippen LogP contribution is -2.31. The minimum Gasteiger partial charge on any atom is -0.373 e. The third-order valence-corrected chi connectivity index (χ3v) is 4.85. The first kappa shape index (κ1) is 16.9. The van der Waals surface area contributed by atoms with Crippen molar-refractivity contribution in [2.24, 2.45) is 13.0 Å². The molecule has 1 saturated heterocycles. The monoisotopic (exact) mass is 352 g/mol. The highest BCUT2D eigenvalue weighted by Gasteiger charge is 2.27. The van der Waals surface area contributed by atoms with E-state index >= 15 is 0 Å². The molecule has 0 spiro atoms. The molecule has 4 rings (SSSR count). The summed E-state index contributed by atoms with van der Waals surface area (Å²) in [5.41, 5.74) is 4.34. The third-order valence-electron chi connectivity index (χ3n) is 4.85. The van der Waals surface area contributed by atoms with Crippen LogP contribution in [0, 0.1) is 5.92 Å². The summed E-state index contributed by atoms with van der Waals surface area (Å²) in [6.45, 7) is 2.49. The van der Waals surface area contributed by atoms with Crippen LogP contribution in [-0.4, -0.2) is 38.1 Å². The Labute approximate surface area is 152 Å². The molecule has 7 nitrogen and oxygen atoms in total. The quantitative estimate of drug-likeness (QED) is 0.712. The van der Waals surface area contributed by atoms with Gasteiger partial charge in [-0.2, -0.15) is 10.2 Å². The summed E-state index contributed by atoms with van der Waals surface area (Å²) in [6, 6.07) is 3.98. The van der Waals surface area contributed by atoms with Crippen molar-refractivity contribution in [3.8, 4) is 11.3 Å². The zero-order chi connectivity index (χ0) is 17.8. The van der Waals surface area contributed by atoms with E-state index in [1.54, 1.807) is 6.20 Å². The van der Waals surface area contributed by atoms with Crippen LogP contribution >= 0.6 is 0 Å². The van der Waals surface area contributed by atoms with Gasteiger partial charge in [-0.1, -0.05) is 0 Å². The van der Waals surface area contributed by atoms with E-state index < -0.39 is 0 Å². The van der Waals surface area contributed by atoms with E-state index in [4.69, 9.17) is 4.74 Å². The van der Waals surface area contributed by atoms with Gasteiger partial charge in [0.25, 0.3) is 0 Å². The van der Waals surface area contributed by atoms with Crippen LogP contribution in [0.4, 0.5) is 0 Å². The van der Waals surface area contributed by atoms with Crippen LogP contribution < -0.4 is 5.32 Å². The van der Waals surface area contributed by atoms with E-state index in [1.807, 2.05) is 42.5 Å². The van der Waals surface area contributed by atoms with Crippen LogP contribution in [-0.2, 0) is 18.3 Å². The highest BCUT2D eigenvalue weighted by molar-refractivity contribution is 5.61. The second-order valence-corrected chi connectivity index (χ2v) is 6.77. The number of aromatic amines is 1. The van der Waals surface area contributed by atoms with Gasteiger partial charge in [-0.25, -0.2) is 0 Å². The van der Waals surface area contributed by atoms with Crippen molar-refractivity contribution in [3.63, 3.8) is 0 Å². The summed E-state index contributed by atoms with van der Waals surface area (Å²) in [5.74, 6) is 0.444. The number of nitrogens with one attached hydrogen (secondary N) is 2. The first-order valence-electron chi connectivity index (χ1n) is 9.05. The summed E-state index contributed by atoms with van der Waals surface area (Å²) in [7, 11) is 1.95. The van der Waals surface area contributed by atoms with E-state index in [-0.39, 0.29) is 6.10 Å². The zero-order valence-electron chi connectivity index (χ0n) is 14.9. The fourth-order valence-corrected chi connectivity index (χ4v) is 3.64. The molecule has 4 heterocycles. The number of pyridine rings is 1. The van der Waals surface area contributed by atoms with Gasteiger partial charge in [0.1, 0.15) is 0 Å². The molecule has 0 aliphatic carbocycles. The van der Waals surface area contributed by atoms with Crippen LogP contribution in [0.5, 0.6) is 0 Å². The molecule has 3 aromatic heterocycles. The summed E-state index contributed by atoms with van der Waals surface area (Å²) in [6.07, 6.45) is 11.9. The number of ether oxygens (including phenoxy) is 1. The molecule has 1 aliphatic heterocycles. The number of H-pyrrole nitrogens is 1. The van der Waals surface area contributed by atoms with Crippen LogP contribution in [0.25, 0.3) is 11.3 Å². The lowest BCUT2D eigenvalue weighted by molar-refractivity contribution is -0.0278. The van der Waals surface area contributed by atoms with E-state index in [1.165, 1.54) is 5.56 Å². The van der Waals surface area contributed by atoms with Crippen LogP contribution in [0.15, 0.2) is 43.1 Å². The maximum Gasteiger partial charge on any atom is 0.0983 e. The van der Waals surface area contributed by atoms with Crippen LogP contribution in [0.3, 0.4) is 0 Å². The van der Waals surface area contributed by atoms with E-state index in [9.17, 15) is 0 Å². The second-order valence-electron chi connectivity index (χ2n) is 6.77. The average Bonchev–Trinajstić information content (AvgIpc) is 3.33. The molecule has 0 saturated carbocycles. The fraction of sp³-hybridized carbons (Fsp3) is 0.421. The first-order chi connectivity index (χ1) is 12.8. The molecule has 0 bridgehead atoms. The normalized spacial score (nSPS) is 20.3. The second kappa shape index (κ2) is 7.80.